The molecular weight excluding hydrogens is 240 g/mol. The molecule has 1 atom stereocenters. The molecule has 0 aliphatic carbocycles. The summed E-state index contributed by atoms with van der Waals surface area (Å²) >= 11 is 2.19. The molecule has 0 spiro atoms. The number of hydrogen-bond donors (Lipinski definition) is 0. The third kappa shape index (κ3) is 7.91. The van der Waals surface area contributed by atoms with E-state index in [2.05, 4.69) is 52.9 Å². The lowest BCUT2D eigenvalue weighted by Crippen LogP contribution is -1.71. The summed E-state index contributed by atoms with van der Waals surface area (Å²) in [6.07, 6.45) is 0. The highest BCUT2D eigenvalue weighted by atomic mass is 79.9. The van der Waals surface area contributed by atoms with E-state index in [9.17, 15) is 0 Å². The van der Waals surface area contributed by atoms with E-state index in [0.29, 0.717) is 0 Å². The Kier molecular flexibility index (Phi) is 6.24. The van der Waals surface area contributed by atoms with Gasteiger partial charge in [0.05, 0.1) is 0 Å². The molecule has 0 heterocycles. The Morgan fingerprint density at radius 1 is 1.33 bits per heavy atom. The zero-order valence-electron chi connectivity index (χ0n) is 6.91. The van der Waals surface area contributed by atoms with E-state index in [0.717, 1.165) is 0 Å². The second-order valence-corrected chi connectivity index (χ2v) is 4.33. The first-order valence-corrected chi connectivity index (χ1v) is 6.23. The third-order valence-electron chi connectivity index (χ3n) is 1.17. The van der Waals surface area contributed by atoms with Crippen LogP contribution in [-0.2, 0) is 9.51 Å². The first-order chi connectivity index (χ1) is 5.52. The standard InChI is InChI=1S/C8H10.BrHO2S/c1-7-4-3-5-8(2)6-7;1-4(2)3/h3-6H,1-2H3;(H,2,3)/p-1. The maximum Gasteiger partial charge on any atom is 0.0168 e. The molecule has 0 aromatic heterocycles. The maximum absolute atomic E-state index is 8.92. The predicted octanol–water partition coefficient (Wildman–Crippen LogP) is 2.48. The molecule has 1 aromatic carbocycles. The van der Waals surface area contributed by atoms with Gasteiger partial charge in [-0.15, -0.1) is 0 Å². The van der Waals surface area contributed by atoms with Gasteiger partial charge in [0.2, 0.25) is 0 Å². The Morgan fingerprint density at radius 2 is 1.67 bits per heavy atom. The van der Waals surface area contributed by atoms with Crippen molar-refractivity contribution in [2.24, 2.45) is 0 Å². The molecule has 0 aliphatic heterocycles. The highest BCUT2D eigenvalue weighted by Gasteiger charge is 1.80. The third-order valence-corrected chi connectivity index (χ3v) is 1.17. The molecule has 2 nitrogen and oxygen atoms in total. The molecule has 0 fully saturated rings. The SMILES string of the molecule is Cc1cccc(C)c1.O=S([O-])Br. The normalized spacial score (nSPS) is 11.3. The molecular formula is C8H10BrO2S-. The van der Waals surface area contributed by atoms with Gasteiger partial charge < -0.3 is 4.55 Å². The van der Waals surface area contributed by atoms with Crippen LogP contribution in [0.3, 0.4) is 0 Å². The lowest BCUT2D eigenvalue weighted by atomic mass is 10.2. The summed E-state index contributed by atoms with van der Waals surface area (Å²) in [5.41, 5.74) is 2.68. The molecule has 0 N–H and O–H groups in total. The quantitative estimate of drug-likeness (QED) is 0.524. The molecule has 0 saturated heterocycles. The fourth-order valence-corrected chi connectivity index (χ4v) is 0.807. The predicted molar refractivity (Wildman–Crippen MR) is 53.8 cm³/mol. The fraction of sp³-hybridized carbons (Fsp3) is 0.250. The molecule has 68 valence electrons. The zero-order chi connectivity index (χ0) is 9.56. The van der Waals surface area contributed by atoms with E-state index >= 15 is 0 Å². The van der Waals surface area contributed by atoms with Crippen LogP contribution in [0.2, 0.25) is 0 Å². The van der Waals surface area contributed by atoms with Crippen molar-refractivity contribution in [2.45, 2.75) is 13.8 Å². The maximum atomic E-state index is 8.92. The highest BCUT2D eigenvalue weighted by Crippen LogP contribution is 2.00. The number of rotatable bonds is 0. The van der Waals surface area contributed by atoms with Crippen molar-refractivity contribution < 1.29 is 8.76 Å². The van der Waals surface area contributed by atoms with E-state index in [1.54, 1.807) is 0 Å². The topological polar surface area (TPSA) is 40.1 Å². The lowest BCUT2D eigenvalue weighted by Gasteiger charge is -1.90. The van der Waals surface area contributed by atoms with Gasteiger partial charge in [-0.05, 0) is 13.8 Å². The van der Waals surface area contributed by atoms with Crippen LogP contribution < -0.4 is 0 Å². The van der Waals surface area contributed by atoms with Gasteiger partial charge in [0.15, 0.2) is 0 Å². The van der Waals surface area contributed by atoms with Crippen molar-refractivity contribution in [3.05, 3.63) is 35.4 Å². The smallest absolute Gasteiger partial charge is 0.0168 e. The monoisotopic (exact) mass is 249 g/mol. The fourth-order valence-electron chi connectivity index (χ4n) is 0.807. The van der Waals surface area contributed by atoms with E-state index in [-0.39, 0.29) is 0 Å². The van der Waals surface area contributed by atoms with Gasteiger partial charge in [-0.1, -0.05) is 35.4 Å². The van der Waals surface area contributed by atoms with Gasteiger partial charge in [0, 0.05) is 24.3 Å². The minimum atomic E-state index is -2.05. The number of benzene rings is 1. The molecule has 0 aliphatic rings. The minimum absolute atomic E-state index is 1.34. The summed E-state index contributed by atoms with van der Waals surface area (Å²) in [6, 6.07) is 8.45. The largest absolute Gasteiger partial charge is 0.763 e. The van der Waals surface area contributed by atoms with Crippen LogP contribution in [0.4, 0.5) is 0 Å². The van der Waals surface area contributed by atoms with Crippen LogP contribution >= 0.6 is 14.8 Å². The molecule has 0 amide bonds. The summed E-state index contributed by atoms with van der Waals surface area (Å²) in [4.78, 5) is 0. The van der Waals surface area contributed by atoms with Gasteiger partial charge in [-0.2, -0.15) is 0 Å². The second kappa shape index (κ2) is 6.34. The van der Waals surface area contributed by atoms with E-state index < -0.39 is 9.51 Å². The molecule has 1 unspecified atom stereocenters. The summed E-state index contributed by atoms with van der Waals surface area (Å²) < 4.78 is 17.8. The molecule has 1 rings (SSSR count). The number of aryl methyl sites for hydroxylation is 2. The van der Waals surface area contributed by atoms with Crippen molar-refractivity contribution in [1.29, 1.82) is 0 Å². The zero-order valence-corrected chi connectivity index (χ0v) is 9.31. The van der Waals surface area contributed by atoms with Crippen LogP contribution in [-0.4, -0.2) is 8.76 Å². The van der Waals surface area contributed by atoms with Crippen LogP contribution in [0.25, 0.3) is 0 Å². The molecule has 4 heteroatoms. The first kappa shape index (κ1) is 11.8. The summed E-state index contributed by atoms with van der Waals surface area (Å²) in [6.45, 7) is 4.21. The van der Waals surface area contributed by atoms with Gasteiger partial charge in [-0.25, -0.2) is 0 Å². The Morgan fingerprint density at radius 3 is 1.83 bits per heavy atom. The van der Waals surface area contributed by atoms with Crippen LogP contribution in [0.15, 0.2) is 24.3 Å². The van der Waals surface area contributed by atoms with Gasteiger partial charge in [0.1, 0.15) is 0 Å². The van der Waals surface area contributed by atoms with Crippen molar-refractivity contribution in [3.8, 4) is 0 Å². The van der Waals surface area contributed by atoms with Gasteiger partial charge in [0.25, 0.3) is 0 Å². The number of halogens is 1. The van der Waals surface area contributed by atoms with Crippen molar-refractivity contribution in [3.63, 3.8) is 0 Å². The minimum Gasteiger partial charge on any atom is -0.763 e. The average Bonchev–Trinajstić information content (AvgIpc) is 1.84. The Hall–Kier alpha value is -0.190. The summed E-state index contributed by atoms with van der Waals surface area (Å²) in [7, 11) is -2.05. The second-order valence-electron chi connectivity index (χ2n) is 2.35. The average molecular weight is 250 g/mol. The van der Waals surface area contributed by atoms with E-state index in [1.807, 2.05) is 0 Å². The van der Waals surface area contributed by atoms with Crippen molar-refractivity contribution in [2.75, 3.05) is 0 Å². The Bertz CT molecular complexity index is 242. The molecule has 12 heavy (non-hydrogen) atoms. The molecule has 0 saturated carbocycles. The summed E-state index contributed by atoms with van der Waals surface area (Å²) in [5, 5.41) is 0. The summed E-state index contributed by atoms with van der Waals surface area (Å²) in [5.74, 6) is 0. The molecule has 0 radical (unpaired) electrons. The van der Waals surface area contributed by atoms with E-state index in [1.165, 1.54) is 11.1 Å². The van der Waals surface area contributed by atoms with Crippen LogP contribution in [0.5, 0.6) is 0 Å². The number of hydrogen-bond acceptors (Lipinski definition) is 2. The van der Waals surface area contributed by atoms with Crippen molar-refractivity contribution in [1.82, 2.24) is 0 Å². The van der Waals surface area contributed by atoms with Gasteiger partial charge >= 0.3 is 0 Å². The van der Waals surface area contributed by atoms with Crippen LogP contribution in [0, 0.1) is 13.8 Å². The Labute approximate surface area is 82.5 Å². The Balaban J connectivity index is 0.000000261. The lowest BCUT2D eigenvalue weighted by molar-refractivity contribution is 0.554. The first-order valence-electron chi connectivity index (χ1n) is 3.31. The molecule has 1 aromatic rings. The van der Waals surface area contributed by atoms with Gasteiger partial charge in [-0.3, -0.25) is 4.21 Å². The highest BCUT2D eigenvalue weighted by molar-refractivity contribution is 9.45. The van der Waals surface area contributed by atoms with Crippen molar-refractivity contribution >= 4 is 24.3 Å². The van der Waals surface area contributed by atoms with Crippen LogP contribution in [0.1, 0.15) is 11.1 Å². The van der Waals surface area contributed by atoms with E-state index in [4.69, 9.17) is 8.76 Å². The molecule has 0 bridgehead atoms.